The van der Waals surface area contributed by atoms with E-state index in [0.717, 1.165) is 10.2 Å². The van der Waals surface area contributed by atoms with Gasteiger partial charge >= 0.3 is 0 Å². The molecule has 0 bridgehead atoms. The van der Waals surface area contributed by atoms with Crippen molar-refractivity contribution in [3.8, 4) is 6.07 Å². The van der Waals surface area contributed by atoms with Gasteiger partial charge in [-0.2, -0.15) is 14.7 Å². The third-order valence-electron chi connectivity index (χ3n) is 4.08. The van der Waals surface area contributed by atoms with E-state index in [2.05, 4.69) is 15.5 Å². The molecule has 0 saturated heterocycles. The SMILES string of the molecule is CCN(CC)S(=O)(=O)c1cccc(N/N=C(\C#N)c2nc3ccccc3s2)c1. The van der Waals surface area contributed by atoms with Crippen molar-refractivity contribution < 1.29 is 8.42 Å². The topological polar surface area (TPSA) is 98.5 Å². The number of anilines is 1. The van der Waals surface area contributed by atoms with Crippen LogP contribution in [0.4, 0.5) is 5.69 Å². The van der Waals surface area contributed by atoms with E-state index in [1.165, 1.54) is 21.7 Å². The number of hydrogen-bond acceptors (Lipinski definition) is 7. The molecule has 2 aromatic carbocycles. The summed E-state index contributed by atoms with van der Waals surface area (Å²) in [7, 11) is -3.57. The van der Waals surface area contributed by atoms with Crippen LogP contribution in [0.1, 0.15) is 18.9 Å². The van der Waals surface area contributed by atoms with Gasteiger partial charge in [-0.1, -0.05) is 32.0 Å². The maximum absolute atomic E-state index is 12.7. The molecular weight excluding hydrogens is 394 g/mol. The average Bonchev–Trinajstić information content (AvgIpc) is 3.13. The molecule has 1 heterocycles. The number of rotatable bonds is 7. The maximum Gasteiger partial charge on any atom is 0.243 e. The van der Waals surface area contributed by atoms with Crippen LogP contribution in [0.5, 0.6) is 0 Å². The van der Waals surface area contributed by atoms with E-state index in [-0.39, 0.29) is 10.6 Å². The first-order valence-corrected chi connectivity index (χ1v) is 10.9. The lowest BCUT2D eigenvalue weighted by molar-refractivity contribution is 0.445. The Hall–Kier alpha value is -2.80. The first-order valence-electron chi connectivity index (χ1n) is 8.69. The number of nitrogens with zero attached hydrogens (tertiary/aromatic N) is 4. The van der Waals surface area contributed by atoms with E-state index >= 15 is 0 Å². The summed E-state index contributed by atoms with van der Waals surface area (Å²) >= 11 is 1.38. The molecule has 144 valence electrons. The number of hydrazone groups is 1. The number of aromatic nitrogens is 1. The molecule has 28 heavy (non-hydrogen) atoms. The second kappa shape index (κ2) is 8.48. The first-order chi connectivity index (χ1) is 13.5. The van der Waals surface area contributed by atoms with Crippen molar-refractivity contribution in [2.45, 2.75) is 18.7 Å². The molecule has 0 fully saturated rings. The molecule has 1 N–H and O–H groups in total. The summed E-state index contributed by atoms with van der Waals surface area (Å²) in [6.07, 6.45) is 0. The number of thiazole rings is 1. The van der Waals surface area contributed by atoms with Crippen LogP contribution >= 0.6 is 11.3 Å². The average molecular weight is 414 g/mol. The summed E-state index contributed by atoms with van der Waals surface area (Å²) in [6, 6.07) is 16.0. The van der Waals surface area contributed by atoms with Crippen LogP contribution in [-0.2, 0) is 10.0 Å². The lowest BCUT2D eigenvalue weighted by Gasteiger charge is -2.18. The van der Waals surface area contributed by atoms with Crippen molar-refractivity contribution in [3.63, 3.8) is 0 Å². The molecule has 0 unspecified atom stereocenters. The van der Waals surface area contributed by atoms with E-state index in [1.54, 1.807) is 32.0 Å². The van der Waals surface area contributed by atoms with Crippen LogP contribution in [0.25, 0.3) is 10.2 Å². The highest BCUT2D eigenvalue weighted by Gasteiger charge is 2.21. The lowest BCUT2D eigenvalue weighted by atomic mass is 10.3. The van der Waals surface area contributed by atoms with Crippen LogP contribution in [0, 0.1) is 11.3 Å². The van der Waals surface area contributed by atoms with E-state index in [4.69, 9.17) is 0 Å². The Morgan fingerprint density at radius 2 is 1.96 bits per heavy atom. The zero-order valence-electron chi connectivity index (χ0n) is 15.5. The van der Waals surface area contributed by atoms with Gasteiger partial charge in [-0.25, -0.2) is 13.4 Å². The van der Waals surface area contributed by atoms with E-state index in [9.17, 15) is 13.7 Å². The number of para-hydroxylation sites is 1. The summed E-state index contributed by atoms with van der Waals surface area (Å²) in [4.78, 5) is 4.60. The Morgan fingerprint density at radius 1 is 1.21 bits per heavy atom. The molecule has 3 aromatic rings. The van der Waals surface area contributed by atoms with Gasteiger partial charge in [-0.15, -0.1) is 11.3 Å². The van der Waals surface area contributed by atoms with E-state index < -0.39 is 10.0 Å². The zero-order chi connectivity index (χ0) is 20.1. The van der Waals surface area contributed by atoms with Crippen LogP contribution < -0.4 is 5.43 Å². The Bertz CT molecular complexity index is 1130. The monoisotopic (exact) mass is 413 g/mol. The van der Waals surface area contributed by atoms with Gasteiger partial charge in [0, 0.05) is 13.1 Å². The number of nitriles is 1. The number of sulfonamides is 1. The molecule has 0 aliphatic carbocycles. The Morgan fingerprint density at radius 3 is 2.64 bits per heavy atom. The molecule has 7 nitrogen and oxygen atoms in total. The summed E-state index contributed by atoms with van der Waals surface area (Å²) < 4.78 is 27.7. The molecule has 0 aliphatic heterocycles. The number of benzene rings is 2. The minimum atomic E-state index is -3.57. The second-order valence-electron chi connectivity index (χ2n) is 5.79. The zero-order valence-corrected chi connectivity index (χ0v) is 17.1. The molecule has 0 atom stereocenters. The first kappa shape index (κ1) is 19.9. The summed E-state index contributed by atoms with van der Waals surface area (Å²) in [6.45, 7) is 4.38. The molecule has 9 heteroatoms. The van der Waals surface area contributed by atoms with Gasteiger partial charge < -0.3 is 0 Å². The van der Waals surface area contributed by atoms with Gasteiger partial charge in [0.05, 0.1) is 20.8 Å². The highest BCUT2D eigenvalue weighted by atomic mass is 32.2. The van der Waals surface area contributed by atoms with Crippen LogP contribution in [0.3, 0.4) is 0 Å². The predicted molar refractivity (Wildman–Crippen MR) is 112 cm³/mol. The third kappa shape index (κ3) is 4.04. The van der Waals surface area contributed by atoms with Gasteiger partial charge in [-0.3, -0.25) is 5.43 Å². The van der Waals surface area contributed by atoms with E-state index in [1.807, 2.05) is 30.3 Å². The number of nitrogens with one attached hydrogen (secondary N) is 1. The minimum absolute atomic E-state index is 0.137. The maximum atomic E-state index is 12.7. The van der Waals surface area contributed by atoms with Crippen LogP contribution in [-0.4, -0.2) is 36.5 Å². The molecule has 0 amide bonds. The molecule has 0 radical (unpaired) electrons. The van der Waals surface area contributed by atoms with Gasteiger partial charge in [0.1, 0.15) is 6.07 Å². The second-order valence-corrected chi connectivity index (χ2v) is 8.76. The quantitative estimate of drug-likeness (QED) is 0.471. The minimum Gasteiger partial charge on any atom is -0.277 e. The Balaban J connectivity index is 1.88. The number of hydrogen-bond donors (Lipinski definition) is 1. The third-order valence-corrected chi connectivity index (χ3v) is 7.17. The summed E-state index contributed by atoms with van der Waals surface area (Å²) in [5, 5.41) is 14.1. The molecule has 0 aliphatic rings. The highest BCUT2D eigenvalue weighted by molar-refractivity contribution is 7.89. The lowest BCUT2D eigenvalue weighted by Crippen LogP contribution is -2.30. The summed E-state index contributed by atoms with van der Waals surface area (Å²) in [5.74, 6) is 0. The fourth-order valence-corrected chi connectivity index (χ4v) is 5.06. The van der Waals surface area contributed by atoms with Crippen molar-refractivity contribution >= 4 is 43.0 Å². The standard InChI is InChI=1S/C19H19N5O2S2/c1-3-24(4-2)28(25,26)15-9-7-8-14(12-15)22-23-17(13-20)19-21-16-10-5-6-11-18(16)27-19/h5-12,22H,3-4H2,1-2H3/b23-17+. The molecule has 1 aromatic heterocycles. The Kier molecular flexibility index (Phi) is 6.04. The largest absolute Gasteiger partial charge is 0.277 e. The van der Waals surface area contributed by atoms with E-state index in [0.29, 0.717) is 23.8 Å². The van der Waals surface area contributed by atoms with Crippen LogP contribution in [0.15, 0.2) is 58.5 Å². The fourth-order valence-electron chi connectivity index (χ4n) is 2.65. The van der Waals surface area contributed by atoms with Gasteiger partial charge in [-0.05, 0) is 30.3 Å². The smallest absolute Gasteiger partial charge is 0.243 e. The van der Waals surface area contributed by atoms with Crippen molar-refractivity contribution in [2.24, 2.45) is 5.10 Å². The fraction of sp³-hybridized carbons (Fsp3) is 0.211. The molecule has 3 rings (SSSR count). The highest BCUT2D eigenvalue weighted by Crippen LogP contribution is 2.23. The normalized spacial score (nSPS) is 12.3. The van der Waals surface area contributed by atoms with Gasteiger partial charge in [0.15, 0.2) is 10.7 Å². The molecular formula is C19H19N5O2S2. The predicted octanol–water partition coefficient (Wildman–Crippen LogP) is 3.67. The van der Waals surface area contributed by atoms with Crippen molar-refractivity contribution in [1.82, 2.24) is 9.29 Å². The van der Waals surface area contributed by atoms with Crippen LogP contribution in [0.2, 0.25) is 0 Å². The van der Waals surface area contributed by atoms with Gasteiger partial charge in [0.2, 0.25) is 10.0 Å². The van der Waals surface area contributed by atoms with Crippen molar-refractivity contribution in [3.05, 3.63) is 53.5 Å². The molecule has 0 spiro atoms. The van der Waals surface area contributed by atoms with Gasteiger partial charge in [0.25, 0.3) is 0 Å². The van der Waals surface area contributed by atoms with Crippen molar-refractivity contribution in [2.75, 3.05) is 18.5 Å². The van der Waals surface area contributed by atoms with Crippen molar-refractivity contribution in [1.29, 1.82) is 5.26 Å². The number of fused-ring (bicyclic) bond motifs is 1. The molecule has 0 saturated carbocycles. The summed E-state index contributed by atoms with van der Waals surface area (Å²) in [5.41, 5.74) is 4.19. The Labute approximate surface area is 168 Å².